The number of carbonyl (C=O) groups excluding carboxylic acids is 1. The third kappa shape index (κ3) is 3.45. The van der Waals surface area contributed by atoms with Crippen LogP contribution in [0.3, 0.4) is 0 Å². The Morgan fingerprint density at radius 3 is 3.23 bits per heavy atom. The van der Waals surface area contributed by atoms with Crippen LogP contribution in [-0.2, 0) is 9.53 Å². The van der Waals surface area contributed by atoms with Crippen molar-refractivity contribution >= 4 is 5.91 Å². The molecule has 13 heavy (non-hydrogen) atoms. The van der Waals surface area contributed by atoms with E-state index in [1.54, 1.807) is 0 Å². The fourth-order valence-corrected chi connectivity index (χ4v) is 1.11. The number of carbonyl (C=O) groups is 1. The molecule has 1 amide bonds. The third-order valence-corrected chi connectivity index (χ3v) is 1.81. The van der Waals surface area contributed by atoms with Gasteiger partial charge in [-0.1, -0.05) is 0 Å². The molecule has 72 valence electrons. The molecule has 4 nitrogen and oxygen atoms in total. The zero-order valence-electron chi connectivity index (χ0n) is 7.51. The van der Waals surface area contributed by atoms with Crippen molar-refractivity contribution in [3.05, 3.63) is 0 Å². The quantitative estimate of drug-likeness (QED) is 0.440. The van der Waals surface area contributed by atoms with Crippen molar-refractivity contribution in [2.24, 2.45) is 0 Å². The van der Waals surface area contributed by atoms with Gasteiger partial charge in [-0.2, -0.15) is 0 Å². The van der Waals surface area contributed by atoms with Crippen molar-refractivity contribution < 1.29 is 9.53 Å². The van der Waals surface area contributed by atoms with Crippen LogP contribution in [0.25, 0.3) is 0 Å². The van der Waals surface area contributed by atoms with Gasteiger partial charge in [0.25, 0.3) is 0 Å². The van der Waals surface area contributed by atoms with Gasteiger partial charge in [-0.25, -0.2) is 0 Å². The summed E-state index contributed by atoms with van der Waals surface area (Å²) in [5.41, 5.74) is 0. The fraction of sp³-hybridized carbons (Fsp3) is 0.667. The van der Waals surface area contributed by atoms with Crippen molar-refractivity contribution in [1.82, 2.24) is 10.6 Å². The van der Waals surface area contributed by atoms with Gasteiger partial charge in [-0.3, -0.25) is 4.79 Å². The number of hydrogen-bond donors (Lipinski definition) is 2. The zero-order chi connectivity index (χ0) is 9.52. The van der Waals surface area contributed by atoms with Gasteiger partial charge in [0.2, 0.25) is 5.91 Å². The number of rotatable bonds is 3. The highest BCUT2D eigenvalue weighted by Crippen LogP contribution is 1.92. The number of terminal acetylenes is 1. The molecule has 0 aromatic carbocycles. The van der Waals surface area contributed by atoms with Crippen LogP contribution in [0.2, 0.25) is 0 Å². The summed E-state index contributed by atoms with van der Waals surface area (Å²) in [5, 5.41) is 5.79. The Hall–Kier alpha value is -1.05. The Morgan fingerprint density at radius 1 is 1.77 bits per heavy atom. The second kappa shape index (κ2) is 5.57. The van der Waals surface area contributed by atoms with E-state index in [2.05, 4.69) is 16.6 Å². The Balaban J connectivity index is 2.18. The second-order valence-electron chi connectivity index (χ2n) is 2.83. The number of hydrogen-bond acceptors (Lipinski definition) is 3. The minimum absolute atomic E-state index is 0.0325. The largest absolute Gasteiger partial charge is 0.378 e. The summed E-state index contributed by atoms with van der Waals surface area (Å²) in [7, 11) is 0. The van der Waals surface area contributed by atoms with Crippen LogP contribution in [0.5, 0.6) is 0 Å². The molecule has 0 spiro atoms. The summed E-state index contributed by atoms with van der Waals surface area (Å²) in [4.78, 5) is 11.4. The lowest BCUT2D eigenvalue weighted by Gasteiger charge is -2.22. The topological polar surface area (TPSA) is 50.4 Å². The summed E-state index contributed by atoms with van der Waals surface area (Å²) in [5.74, 6) is 2.43. The van der Waals surface area contributed by atoms with Gasteiger partial charge in [0.1, 0.15) is 6.04 Å². The van der Waals surface area contributed by atoms with E-state index in [1.807, 2.05) is 0 Å². The second-order valence-corrected chi connectivity index (χ2v) is 2.83. The molecule has 0 aliphatic carbocycles. The molecule has 0 bridgehead atoms. The minimum Gasteiger partial charge on any atom is -0.378 e. The maximum absolute atomic E-state index is 11.4. The zero-order valence-corrected chi connectivity index (χ0v) is 7.51. The minimum atomic E-state index is -0.216. The average Bonchev–Trinajstić information content (AvgIpc) is 2.19. The van der Waals surface area contributed by atoms with E-state index in [-0.39, 0.29) is 11.9 Å². The third-order valence-electron chi connectivity index (χ3n) is 1.81. The molecule has 4 heteroatoms. The highest BCUT2D eigenvalue weighted by molar-refractivity contribution is 5.81. The summed E-state index contributed by atoms with van der Waals surface area (Å²) >= 11 is 0. The molecule has 1 aliphatic rings. The predicted octanol–water partition coefficient (Wildman–Crippen LogP) is -0.886. The van der Waals surface area contributed by atoms with E-state index >= 15 is 0 Å². The number of amides is 1. The molecular formula is C9H14N2O2. The van der Waals surface area contributed by atoms with Crippen LogP contribution in [0.1, 0.15) is 6.42 Å². The van der Waals surface area contributed by atoms with Gasteiger partial charge in [0.15, 0.2) is 0 Å². The summed E-state index contributed by atoms with van der Waals surface area (Å²) < 4.78 is 5.15. The molecule has 2 N–H and O–H groups in total. The molecule has 0 aromatic heterocycles. The van der Waals surface area contributed by atoms with Gasteiger partial charge in [0, 0.05) is 19.5 Å². The Labute approximate surface area is 78.0 Å². The molecule has 0 aromatic rings. The molecule has 1 saturated heterocycles. The lowest BCUT2D eigenvalue weighted by Crippen LogP contribution is -2.51. The lowest BCUT2D eigenvalue weighted by atomic mass is 10.2. The van der Waals surface area contributed by atoms with E-state index in [0.29, 0.717) is 26.2 Å². The molecule has 0 radical (unpaired) electrons. The molecule has 1 atom stereocenters. The molecule has 1 rings (SSSR count). The van der Waals surface area contributed by atoms with Gasteiger partial charge in [-0.05, 0) is 0 Å². The van der Waals surface area contributed by atoms with Gasteiger partial charge >= 0.3 is 0 Å². The van der Waals surface area contributed by atoms with Crippen LogP contribution >= 0.6 is 0 Å². The highest BCUT2D eigenvalue weighted by atomic mass is 16.5. The van der Waals surface area contributed by atoms with Crippen LogP contribution < -0.4 is 10.6 Å². The highest BCUT2D eigenvalue weighted by Gasteiger charge is 2.19. The maximum atomic E-state index is 11.4. The van der Waals surface area contributed by atoms with Crippen molar-refractivity contribution in [3.8, 4) is 12.3 Å². The van der Waals surface area contributed by atoms with Gasteiger partial charge < -0.3 is 15.4 Å². The van der Waals surface area contributed by atoms with E-state index in [9.17, 15) is 4.79 Å². The molecule has 1 fully saturated rings. The van der Waals surface area contributed by atoms with Crippen LogP contribution in [-0.4, -0.2) is 38.3 Å². The molecule has 0 unspecified atom stereocenters. The Bertz CT molecular complexity index is 204. The Morgan fingerprint density at radius 2 is 2.62 bits per heavy atom. The van der Waals surface area contributed by atoms with Gasteiger partial charge in [-0.15, -0.1) is 12.3 Å². The van der Waals surface area contributed by atoms with E-state index < -0.39 is 0 Å². The maximum Gasteiger partial charge on any atom is 0.239 e. The first kappa shape index (κ1) is 10.0. The first-order valence-electron chi connectivity index (χ1n) is 4.37. The number of ether oxygens (including phenoxy) is 1. The number of nitrogens with one attached hydrogen (secondary N) is 2. The first-order valence-corrected chi connectivity index (χ1v) is 4.37. The molecular weight excluding hydrogens is 168 g/mol. The van der Waals surface area contributed by atoms with Crippen molar-refractivity contribution in [3.63, 3.8) is 0 Å². The standard InChI is InChI=1S/C9H14N2O2/c1-2-3-4-11-9(12)8-7-13-6-5-10-8/h1,8,10H,3-7H2,(H,11,12)/t8-/m1/s1. The Kier molecular flexibility index (Phi) is 4.30. The number of morpholine rings is 1. The molecule has 1 aliphatic heterocycles. The normalized spacial score (nSPS) is 21.9. The summed E-state index contributed by atoms with van der Waals surface area (Å²) in [6.45, 7) is 2.39. The van der Waals surface area contributed by atoms with Crippen molar-refractivity contribution in [1.29, 1.82) is 0 Å². The van der Waals surface area contributed by atoms with Crippen molar-refractivity contribution in [2.75, 3.05) is 26.3 Å². The van der Waals surface area contributed by atoms with Crippen molar-refractivity contribution in [2.45, 2.75) is 12.5 Å². The lowest BCUT2D eigenvalue weighted by molar-refractivity contribution is -0.125. The predicted molar refractivity (Wildman–Crippen MR) is 49.1 cm³/mol. The monoisotopic (exact) mass is 182 g/mol. The smallest absolute Gasteiger partial charge is 0.239 e. The fourth-order valence-electron chi connectivity index (χ4n) is 1.11. The first-order chi connectivity index (χ1) is 6.34. The van der Waals surface area contributed by atoms with Gasteiger partial charge in [0.05, 0.1) is 13.2 Å². The van der Waals surface area contributed by atoms with Crippen LogP contribution in [0.4, 0.5) is 0 Å². The van der Waals surface area contributed by atoms with Crippen LogP contribution in [0.15, 0.2) is 0 Å². The van der Waals surface area contributed by atoms with E-state index in [4.69, 9.17) is 11.2 Å². The van der Waals surface area contributed by atoms with E-state index in [0.717, 1.165) is 6.54 Å². The molecule has 0 saturated carbocycles. The summed E-state index contributed by atoms with van der Waals surface area (Å²) in [6.07, 6.45) is 5.62. The van der Waals surface area contributed by atoms with Crippen LogP contribution in [0, 0.1) is 12.3 Å². The van der Waals surface area contributed by atoms with E-state index in [1.165, 1.54) is 0 Å². The summed E-state index contributed by atoms with van der Waals surface area (Å²) in [6, 6.07) is -0.216. The molecule has 1 heterocycles. The SMILES string of the molecule is C#CCCNC(=O)[C@H]1COCCN1. The average molecular weight is 182 g/mol.